The van der Waals surface area contributed by atoms with Crippen molar-refractivity contribution in [3.05, 3.63) is 198 Å². The molecule has 6 aromatic rings. The molecular weight excluding hydrogens is 637 g/mol. The first kappa shape index (κ1) is 29.2. The molecule has 0 spiro atoms. The molecule has 5 aliphatic rings. The SMILES string of the molecule is C1=CC2Sc3ccc(-n4c5c(c6ccccc64)CC(C4=CC=C6C(C4)c4ccccc4N6c4ccc(-c6ccccc6)cc4)C=C5)cc3C2C=C1. The second-order valence-corrected chi connectivity index (χ2v) is 15.6. The van der Waals surface area contributed by atoms with Gasteiger partial charge in [-0.05, 0) is 95.3 Å². The van der Waals surface area contributed by atoms with Crippen molar-refractivity contribution in [3.8, 4) is 16.8 Å². The molecule has 4 atom stereocenters. The van der Waals surface area contributed by atoms with Crippen LogP contribution in [0.3, 0.4) is 0 Å². The summed E-state index contributed by atoms with van der Waals surface area (Å²) < 4.78 is 2.51. The quantitative estimate of drug-likeness (QED) is 0.184. The van der Waals surface area contributed by atoms with Crippen LogP contribution in [-0.4, -0.2) is 9.82 Å². The Labute approximate surface area is 303 Å². The summed E-state index contributed by atoms with van der Waals surface area (Å²) in [5.41, 5.74) is 16.2. The van der Waals surface area contributed by atoms with Crippen molar-refractivity contribution >= 4 is 40.1 Å². The maximum atomic E-state index is 2.51. The average Bonchev–Trinajstić information content (AvgIpc) is 3.85. The van der Waals surface area contributed by atoms with Gasteiger partial charge in [-0.2, -0.15) is 0 Å². The van der Waals surface area contributed by atoms with Crippen LogP contribution < -0.4 is 4.90 Å². The maximum Gasteiger partial charge on any atom is 0.0537 e. The van der Waals surface area contributed by atoms with E-state index >= 15 is 0 Å². The van der Waals surface area contributed by atoms with Crippen LogP contribution in [0, 0.1) is 5.92 Å². The zero-order chi connectivity index (χ0) is 33.5. The molecule has 0 fully saturated rings. The van der Waals surface area contributed by atoms with Gasteiger partial charge in [-0.15, -0.1) is 11.8 Å². The van der Waals surface area contributed by atoms with Crippen LogP contribution in [-0.2, 0) is 6.42 Å². The van der Waals surface area contributed by atoms with Gasteiger partial charge in [-0.25, -0.2) is 0 Å². The van der Waals surface area contributed by atoms with Crippen LogP contribution in [0.5, 0.6) is 0 Å². The lowest BCUT2D eigenvalue weighted by atomic mass is 9.78. The highest BCUT2D eigenvalue weighted by atomic mass is 32.2. The number of rotatable bonds is 4. The Kier molecular flexibility index (Phi) is 6.60. The summed E-state index contributed by atoms with van der Waals surface area (Å²) in [6.45, 7) is 0. The molecule has 3 heterocycles. The highest BCUT2D eigenvalue weighted by molar-refractivity contribution is 8.00. The first-order valence-electron chi connectivity index (χ1n) is 18.2. The van der Waals surface area contributed by atoms with E-state index in [9.17, 15) is 0 Å². The lowest BCUT2D eigenvalue weighted by Gasteiger charge is -2.29. The number of allylic oxidation sites excluding steroid dienone is 8. The first-order valence-corrected chi connectivity index (χ1v) is 19.1. The molecule has 11 rings (SSSR count). The van der Waals surface area contributed by atoms with Crippen LogP contribution in [0.25, 0.3) is 33.8 Å². The Morgan fingerprint density at radius 3 is 2.33 bits per heavy atom. The predicted octanol–water partition coefficient (Wildman–Crippen LogP) is 12.3. The fraction of sp³-hybridized carbons (Fsp3) is 0.125. The second-order valence-electron chi connectivity index (χ2n) is 14.4. The molecule has 244 valence electrons. The lowest BCUT2D eigenvalue weighted by Crippen LogP contribution is -2.19. The molecule has 0 saturated carbocycles. The molecule has 3 heteroatoms. The molecule has 2 nitrogen and oxygen atoms in total. The summed E-state index contributed by atoms with van der Waals surface area (Å²) in [4.78, 5) is 3.90. The van der Waals surface area contributed by atoms with Crippen molar-refractivity contribution in [2.45, 2.75) is 34.8 Å². The number of aromatic nitrogens is 1. The van der Waals surface area contributed by atoms with E-state index in [2.05, 4.69) is 179 Å². The van der Waals surface area contributed by atoms with Crippen LogP contribution in [0.4, 0.5) is 11.4 Å². The Morgan fingerprint density at radius 2 is 1.41 bits per heavy atom. The molecule has 0 saturated heterocycles. The summed E-state index contributed by atoms with van der Waals surface area (Å²) in [6.07, 6.45) is 20.9. The molecule has 51 heavy (non-hydrogen) atoms. The van der Waals surface area contributed by atoms with Crippen LogP contribution in [0.15, 0.2) is 180 Å². The zero-order valence-electron chi connectivity index (χ0n) is 28.2. The van der Waals surface area contributed by atoms with Gasteiger partial charge in [-0.3, -0.25) is 0 Å². The van der Waals surface area contributed by atoms with Crippen molar-refractivity contribution in [2.75, 3.05) is 4.90 Å². The van der Waals surface area contributed by atoms with Gasteiger partial charge >= 0.3 is 0 Å². The number of para-hydroxylation sites is 2. The summed E-state index contributed by atoms with van der Waals surface area (Å²) in [5, 5.41) is 1.88. The van der Waals surface area contributed by atoms with Crippen LogP contribution in [0.1, 0.15) is 40.6 Å². The highest BCUT2D eigenvalue weighted by Gasteiger charge is 2.38. The summed E-state index contributed by atoms with van der Waals surface area (Å²) >= 11 is 2.00. The third-order valence-electron chi connectivity index (χ3n) is 11.7. The van der Waals surface area contributed by atoms with E-state index in [0.29, 0.717) is 23.0 Å². The molecule has 2 aliphatic heterocycles. The lowest BCUT2D eigenvalue weighted by molar-refractivity contribution is 0.657. The minimum Gasteiger partial charge on any atom is -0.313 e. The molecule has 3 aliphatic carbocycles. The maximum absolute atomic E-state index is 2.51. The number of anilines is 2. The average molecular weight is 673 g/mol. The fourth-order valence-electron chi connectivity index (χ4n) is 9.25. The van der Waals surface area contributed by atoms with Gasteiger partial charge in [0.1, 0.15) is 0 Å². The van der Waals surface area contributed by atoms with Crippen molar-refractivity contribution in [3.63, 3.8) is 0 Å². The van der Waals surface area contributed by atoms with Gasteiger partial charge < -0.3 is 9.47 Å². The molecular formula is C48H36N2S. The van der Waals surface area contributed by atoms with Crippen molar-refractivity contribution < 1.29 is 0 Å². The van der Waals surface area contributed by atoms with Crippen molar-refractivity contribution in [2.24, 2.45) is 5.92 Å². The minimum absolute atomic E-state index is 0.350. The van der Waals surface area contributed by atoms with E-state index in [-0.39, 0.29) is 0 Å². The largest absolute Gasteiger partial charge is 0.313 e. The van der Waals surface area contributed by atoms with E-state index in [1.54, 1.807) is 0 Å². The van der Waals surface area contributed by atoms with Gasteiger partial charge in [0.15, 0.2) is 0 Å². The topological polar surface area (TPSA) is 8.17 Å². The van der Waals surface area contributed by atoms with E-state index in [4.69, 9.17) is 0 Å². The molecule has 0 radical (unpaired) electrons. The molecule has 0 N–H and O–H groups in total. The van der Waals surface area contributed by atoms with Crippen molar-refractivity contribution in [1.29, 1.82) is 0 Å². The number of thioether (sulfide) groups is 1. The molecule has 1 aromatic heterocycles. The fourth-order valence-corrected chi connectivity index (χ4v) is 10.6. The molecule has 0 bridgehead atoms. The number of benzene rings is 5. The first-order chi connectivity index (χ1) is 25.3. The van der Waals surface area contributed by atoms with Gasteiger partial charge in [0.05, 0.1) is 5.52 Å². The van der Waals surface area contributed by atoms with Gasteiger partial charge in [0, 0.05) is 61.7 Å². The number of hydrogen-bond donors (Lipinski definition) is 0. The van der Waals surface area contributed by atoms with E-state index in [1.165, 1.54) is 77.6 Å². The van der Waals surface area contributed by atoms with E-state index in [1.807, 2.05) is 11.8 Å². The summed E-state index contributed by atoms with van der Waals surface area (Å²) in [7, 11) is 0. The van der Waals surface area contributed by atoms with Crippen molar-refractivity contribution in [1.82, 2.24) is 4.57 Å². The van der Waals surface area contributed by atoms with Gasteiger partial charge in [-0.1, -0.05) is 121 Å². The third kappa shape index (κ3) is 4.58. The normalized spacial score (nSPS) is 22.2. The number of hydrogen-bond acceptors (Lipinski definition) is 2. The van der Waals surface area contributed by atoms with Gasteiger partial charge in [0.25, 0.3) is 0 Å². The number of nitrogens with zero attached hydrogens (tertiary/aromatic N) is 2. The van der Waals surface area contributed by atoms with E-state index < -0.39 is 0 Å². The standard InChI is InChI=1S/C48H36N2S/c1-2-10-31(11-3-1)32-18-22-35(23-19-32)49-43-15-7-4-12-37(43)40-28-33(20-25-45(40)49)34-21-26-46-41(29-34)38-13-5-8-16-44(38)50(46)36-24-27-48-42(30-36)39-14-6-9-17-47(39)51-48/h1-27,30,34,39-40,47H,28-29H2. The highest BCUT2D eigenvalue weighted by Crippen LogP contribution is 2.53. The Morgan fingerprint density at radius 1 is 0.627 bits per heavy atom. The molecule has 5 aromatic carbocycles. The number of fused-ring (bicyclic) bond motifs is 9. The van der Waals surface area contributed by atoms with Crippen LogP contribution >= 0.6 is 11.8 Å². The van der Waals surface area contributed by atoms with E-state index in [0.717, 1.165) is 12.8 Å². The smallest absolute Gasteiger partial charge is 0.0537 e. The Bertz CT molecular complexity index is 2530. The molecule has 4 unspecified atom stereocenters. The summed E-state index contributed by atoms with van der Waals surface area (Å²) in [6, 6.07) is 44.9. The second kappa shape index (κ2) is 11.5. The Hall–Kier alpha value is -5.51. The Balaban J connectivity index is 0.938. The van der Waals surface area contributed by atoms with Gasteiger partial charge in [0.2, 0.25) is 0 Å². The van der Waals surface area contributed by atoms with Crippen LogP contribution in [0.2, 0.25) is 0 Å². The predicted molar refractivity (Wildman–Crippen MR) is 214 cm³/mol. The molecule has 0 amide bonds. The monoisotopic (exact) mass is 672 g/mol. The zero-order valence-corrected chi connectivity index (χ0v) is 29.0. The minimum atomic E-state index is 0.350. The third-order valence-corrected chi connectivity index (χ3v) is 13.0. The summed E-state index contributed by atoms with van der Waals surface area (Å²) in [5.74, 6) is 1.18.